The summed E-state index contributed by atoms with van der Waals surface area (Å²) in [6.45, 7) is 7.93. The molecule has 94 valence electrons. The van der Waals surface area contributed by atoms with Gasteiger partial charge in [-0.1, -0.05) is 43.3 Å². The number of rotatable bonds is 9. The van der Waals surface area contributed by atoms with E-state index < -0.39 is 0 Å². The fourth-order valence-corrected chi connectivity index (χ4v) is 1.52. The molecule has 0 radical (unpaired) electrons. The Morgan fingerprint density at radius 1 is 1.29 bits per heavy atom. The Morgan fingerprint density at radius 2 is 2.06 bits per heavy atom. The van der Waals surface area contributed by atoms with Crippen LogP contribution in [0.15, 0.2) is 43.0 Å². The van der Waals surface area contributed by atoms with Gasteiger partial charge in [-0.3, -0.25) is 0 Å². The number of ether oxygens (including phenoxy) is 2. The molecule has 1 aromatic carbocycles. The zero-order chi connectivity index (χ0) is 12.3. The van der Waals surface area contributed by atoms with Crippen LogP contribution in [0.2, 0.25) is 0 Å². The van der Waals surface area contributed by atoms with E-state index in [1.54, 1.807) is 0 Å². The second-order valence-corrected chi connectivity index (χ2v) is 4.02. The van der Waals surface area contributed by atoms with Crippen LogP contribution < -0.4 is 0 Å². The van der Waals surface area contributed by atoms with Crippen molar-refractivity contribution < 1.29 is 9.47 Å². The lowest BCUT2D eigenvalue weighted by Gasteiger charge is -2.16. The second kappa shape index (κ2) is 8.97. The molecule has 0 fully saturated rings. The monoisotopic (exact) mass is 234 g/mol. The summed E-state index contributed by atoms with van der Waals surface area (Å²) >= 11 is 0. The van der Waals surface area contributed by atoms with Gasteiger partial charge in [-0.15, -0.1) is 6.58 Å². The molecule has 1 rings (SSSR count). The fraction of sp³-hybridized carbons (Fsp3) is 0.467. The Balaban J connectivity index is 2.30. The molecule has 0 heterocycles. The van der Waals surface area contributed by atoms with E-state index in [4.69, 9.17) is 9.47 Å². The van der Waals surface area contributed by atoms with Gasteiger partial charge < -0.3 is 9.47 Å². The molecule has 0 aliphatic heterocycles. The van der Waals surface area contributed by atoms with Gasteiger partial charge in [0.25, 0.3) is 0 Å². The van der Waals surface area contributed by atoms with Crippen molar-refractivity contribution in [3.8, 4) is 0 Å². The van der Waals surface area contributed by atoms with Crippen molar-refractivity contribution in [3.63, 3.8) is 0 Å². The third kappa shape index (κ3) is 6.25. The van der Waals surface area contributed by atoms with Crippen molar-refractivity contribution >= 4 is 0 Å². The maximum atomic E-state index is 5.82. The van der Waals surface area contributed by atoms with Crippen molar-refractivity contribution in [2.24, 2.45) is 0 Å². The second-order valence-electron chi connectivity index (χ2n) is 4.02. The van der Waals surface area contributed by atoms with Gasteiger partial charge in [0.1, 0.15) is 0 Å². The minimum Gasteiger partial charge on any atom is -0.379 e. The summed E-state index contributed by atoms with van der Waals surface area (Å²) < 4.78 is 11.3. The summed E-state index contributed by atoms with van der Waals surface area (Å²) in [5, 5.41) is 0. The predicted octanol–water partition coefficient (Wildman–Crippen LogP) is 3.57. The molecule has 0 saturated carbocycles. The molecule has 1 unspecified atom stereocenters. The van der Waals surface area contributed by atoms with Crippen LogP contribution >= 0.6 is 0 Å². The first-order valence-electron chi connectivity index (χ1n) is 6.21. The van der Waals surface area contributed by atoms with Crippen LogP contribution in [-0.2, 0) is 16.1 Å². The quantitative estimate of drug-likeness (QED) is 0.480. The molecule has 2 nitrogen and oxygen atoms in total. The first-order valence-corrected chi connectivity index (χ1v) is 6.21. The van der Waals surface area contributed by atoms with Gasteiger partial charge >= 0.3 is 0 Å². The molecule has 1 aromatic rings. The van der Waals surface area contributed by atoms with Crippen LogP contribution in [0.3, 0.4) is 0 Å². The Morgan fingerprint density at radius 3 is 2.71 bits per heavy atom. The maximum Gasteiger partial charge on any atom is 0.0847 e. The molecule has 0 bridgehead atoms. The summed E-state index contributed by atoms with van der Waals surface area (Å²) in [5.74, 6) is 0. The van der Waals surface area contributed by atoms with Gasteiger partial charge in [0.15, 0.2) is 0 Å². The number of benzene rings is 1. The summed E-state index contributed by atoms with van der Waals surface area (Å²) in [6.07, 6.45) is 3.86. The number of hydrogen-bond donors (Lipinski definition) is 0. The van der Waals surface area contributed by atoms with Crippen LogP contribution in [0.4, 0.5) is 0 Å². The van der Waals surface area contributed by atoms with Crippen LogP contribution in [0.1, 0.15) is 25.3 Å². The highest BCUT2D eigenvalue weighted by molar-refractivity contribution is 5.13. The largest absolute Gasteiger partial charge is 0.379 e. The molecule has 0 spiro atoms. The lowest BCUT2D eigenvalue weighted by molar-refractivity contribution is -0.0227. The van der Waals surface area contributed by atoms with E-state index in [0.717, 1.165) is 19.4 Å². The van der Waals surface area contributed by atoms with Crippen molar-refractivity contribution in [2.75, 3.05) is 13.2 Å². The van der Waals surface area contributed by atoms with Crippen molar-refractivity contribution in [1.82, 2.24) is 0 Å². The normalized spacial score (nSPS) is 12.3. The Kier molecular flexibility index (Phi) is 7.35. The van der Waals surface area contributed by atoms with Crippen LogP contribution in [0.5, 0.6) is 0 Å². The minimum absolute atomic E-state index is 0.110. The summed E-state index contributed by atoms with van der Waals surface area (Å²) in [4.78, 5) is 0. The van der Waals surface area contributed by atoms with Gasteiger partial charge in [-0.2, -0.15) is 0 Å². The highest BCUT2D eigenvalue weighted by Gasteiger charge is 2.07. The summed E-state index contributed by atoms with van der Waals surface area (Å²) in [7, 11) is 0. The van der Waals surface area contributed by atoms with Gasteiger partial charge in [0.2, 0.25) is 0 Å². The Hall–Kier alpha value is -1.12. The average molecular weight is 234 g/mol. The molecule has 0 N–H and O–H groups in total. The van der Waals surface area contributed by atoms with Gasteiger partial charge in [0.05, 0.1) is 19.3 Å². The Labute approximate surface area is 104 Å². The maximum absolute atomic E-state index is 5.82. The molecule has 2 heteroatoms. The molecule has 0 aliphatic carbocycles. The van der Waals surface area contributed by atoms with Gasteiger partial charge in [-0.05, 0) is 18.4 Å². The van der Waals surface area contributed by atoms with E-state index in [0.29, 0.717) is 13.2 Å². The molecule has 0 saturated heterocycles. The van der Waals surface area contributed by atoms with E-state index >= 15 is 0 Å². The third-order valence-electron chi connectivity index (χ3n) is 2.41. The standard InChI is InChI=1S/C15H22O2/c1-3-8-15(13-16-11-4-2)17-12-14-9-6-5-7-10-14/h3,5-7,9-10,15H,1,4,8,11-13H2,2H3. The molecule has 0 aliphatic rings. The lowest BCUT2D eigenvalue weighted by Crippen LogP contribution is -2.19. The van der Waals surface area contributed by atoms with E-state index in [2.05, 4.69) is 25.6 Å². The van der Waals surface area contributed by atoms with Crippen molar-refractivity contribution in [2.45, 2.75) is 32.5 Å². The van der Waals surface area contributed by atoms with E-state index in [1.807, 2.05) is 24.3 Å². The number of hydrogen-bond acceptors (Lipinski definition) is 2. The summed E-state index contributed by atoms with van der Waals surface area (Å²) in [5.41, 5.74) is 1.19. The first kappa shape index (κ1) is 13.9. The zero-order valence-electron chi connectivity index (χ0n) is 10.6. The first-order chi connectivity index (χ1) is 8.36. The summed E-state index contributed by atoms with van der Waals surface area (Å²) in [6, 6.07) is 10.2. The van der Waals surface area contributed by atoms with E-state index in [1.165, 1.54) is 5.56 Å². The Bertz CT molecular complexity index is 295. The van der Waals surface area contributed by atoms with Gasteiger partial charge in [0, 0.05) is 6.61 Å². The van der Waals surface area contributed by atoms with Crippen molar-refractivity contribution in [1.29, 1.82) is 0 Å². The molecular weight excluding hydrogens is 212 g/mol. The average Bonchev–Trinajstić information content (AvgIpc) is 2.37. The molecule has 0 amide bonds. The van der Waals surface area contributed by atoms with Gasteiger partial charge in [-0.25, -0.2) is 0 Å². The third-order valence-corrected chi connectivity index (χ3v) is 2.41. The van der Waals surface area contributed by atoms with Crippen LogP contribution in [0, 0.1) is 0 Å². The van der Waals surface area contributed by atoms with E-state index in [9.17, 15) is 0 Å². The lowest BCUT2D eigenvalue weighted by atomic mass is 10.2. The highest BCUT2D eigenvalue weighted by atomic mass is 16.5. The van der Waals surface area contributed by atoms with Crippen LogP contribution in [0.25, 0.3) is 0 Å². The smallest absolute Gasteiger partial charge is 0.0847 e. The molecule has 1 atom stereocenters. The molecule has 0 aromatic heterocycles. The van der Waals surface area contributed by atoms with Crippen LogP contribution in [-0.4, -0.2) is 19.3 Å². The predicted molar refractivity (Wildman–Crippen MR) is 70.9 cm³/mol. The van der Waals surface area contributed by atoms with Crippen molar-refractivity contribution in [3.05, 3.63) is 48.6 Å². The molecular formula is C15H22O2. The zero-order valence-corrected chi connectivity index (χ0v) is 10.6. The topological polar surface area (TPSA) is 18.5 Å². The molecule has 17 heavy (non-hydrogen) atoms. The fourth-order valence-electron chi connectivity index (χ4n) is 1.52. The minimum atomic E-state index is 0.110. The van der Waals surface area contributed by atoms with E-state index in [-0.39, 0.29) is 6.10 Å². The SMILES string of the molecule is C=CCC(COCCC)OCc1ccccc1. The highest BCUT2D eigenvalue weighted by Crippen LogP contribution is 2.07.